The van der Waals surface area contributed by atoms with Gasteiger partial charge in [0.15, 0.2) is 0 Å². The van der Waals surface area contributed by atoms with Gasteiger partial charge >= 0.3 is 0 Å². The van der Waals surface area contributed by atoms with Gasteiger partial charge in [0.2, 0.25) is 0 Å². The van der Waals surface area contributed by atoms with Crippen molar-refractivity contribution in [3.8, 4) is 22.8 Å². The Morgan fingerprint density at radius 2 is 1.95 bits per heavy atom. The van der Waals surface area contributed by atoms with Gasteiger partial charge in [-0.3, -0.25) is 0 Å². The summed E-state index contributed by atoms with van der Waals surface area (Å²) in [5.41, 5.74) is 1.62. The molecule has 3 rings (SSSR count). The van der Waals surface area contributed by atoms with Crippen molar-refractivity contribution in [1.82, 2.24) is 9.97 Å². The highest BCUT2D eigenvalue weighted by molar-refractivity contribution is 9.10. The molecule has 1 aromatic heterocycles. The Morgan fingerprint density at radius 1 is 1.19 bits per heavy atom. The van der Waals surface area contributed by atoms with Crippen LogP contribution in [-0.2, 0) is 0 Å². The number of benzene rings is 1. The minimum absolute atomic E-state index is 0.440. The van der Waals surface area contributed by atoms with Gasteiger partial charge in [0.1, 0.15) is 26.9 Å². The zero-order valence-corrected chi connectivity index (χ0v) is 14.0. The Balaban J connectivity index is 2.13. The fourth-order valence-corrected chi connectivity index (χ4v) is 3.05. The van der Waals surface area contributed by atoms with Crippen molar-refractivity contribution < 1.29 is 9.47 Å². The second-order valence-corrected chi connectivity index (χ2v) is 6.05. The highest BCUT2D eigenvalue weighted by atomic mass is 79.9. The van der Waals surface area contributed by atoms with Gasteiger partial charge in [-0.15, -0.1) is 0 Å². The van der Waals surface area contributed by atoms with Gasteiger partial charge in [-0.05, 0) is 40.9 Å². The van der Waals surface area contributed by atoms with E-state index in [0.29, 0.717) is 22.6 Å². The van der Waals surface area contributed by atoms with Gasteiger partial charge in [-0.2, -0.15) is 0 Å². The van der Waals surface area contributed by atoms with E-state index in [2.05, 4.69) is 25.9 Å². The third kappa shape index (κ3) is 2.85. The molecule has 110 valence electrons. The summed E-state index contributed by atoms with van der Waals surface area (Å²) in [7, 11) is 3.24. The van der Waals surface area contributed by atoms with Gasteiger partial charge < -0.3 is 9.47 Å². The number of nitrogens with zero attached hydrogens (tertiary/aromatic N) is 2. The molecule has 0 bridgehead atoms. The van der Waals surface area contributed by atoms with Crippen LogP contribution in [0.1, 0.15) is 24.6 Å². The predicted octanol–water partition coefficient (Wildman–Crippen LogP) is 4.45. The van der Waals surface area contributed by atoms with Crippen LogP contribution in [0, 0.1) is 0 Å². The van der Waals surface area contributed by atoms with Gasteiger partial charge in [0, 0.05) is 17.5 Å². The normalized spacial score (nSPS) is 14.1. The Morgan fingerprint density at radius 3 is 2.57 bits per heavy atom. The number of halogens is 2. The maximum atomic E-state index is 6.14. The van der Waals surface area contributed by atoms with Gasteiger partial charge in [0.05, 0.1) is 19.9 Å². The van der Waals surface area contributed by atoms with E-state index < -0.39 is 0 Å². The lowest BCUT2D eigenvalue weighted by molar-refractivity contribution is 0.390. The molecule has 0 amide bonds. The smallest absolute Gasteiger partial charge is 0.146 e. The van der Waals surface area contributed by atoms with Crippen molar-refractivity contribution in [1.29, 1.82) is 0 Å². The maximum absolute atomic E-state index is 6.14. The molecule has 1 aliphatic rings. The van der Waals surface area contributed by atoms with Gasteiger partial charge in [-0.25, -0.2) is 9.97 Å². The van der Waals surface area contributed by atoms with Crippen LogP contribution in [0.5, 0.6) is 11.5 Å². The summed E-state index contributed by atoms with van der Waals surface area (Å²) in [4.78, 5) is 8.94. The van der Waals surface area contributed by atoms with Crippen molar-refractivity contribution >= 4 is 27.5 Å². The lowest BCUT2D eigenvalue weighted by atomic mass is 10.1. The summed E-state index contributed by atoms with van der Waals surface area (Å²) in [5.74, 6) is 2.63. The first-order valence-electron chi connectivity index (χ1n) is 6.59. The summed E-state index contributed by atoms with van der Waals surface area (Å²) in [5, 5.41) is 0.455. The molecule has 0 saturated heterocycles. The molecule has 0 radical (unpaired) electrons. The second-order valence-electron chi connectivity index (χ2n) is 4.87. The van der Waals surface area contributed by atoms with Gasteiger partial charge in [-0.1, -0.05) is 11.6 Å². The molecular weight excluding hydrogens is 356 g/mol. The average molecular weight is 370 g/mol. The number of rotatable bonds is 4. The van der Waals surface area contributed by atoms with E-state index in [1.807, 2.05) is 12.1 Å². The lowest BCUT2D eigenvalue weighted by Gasteiger charge is -2.13. The molecule has 0 aliphatic heterocycles. The molecule has 0 unspecified atom stereocenters. The Bertz CT molecular complexity index is 690. The quantitative estimate of drug-likeness (QED) is 0.747. The molecule has 6 heteroatoms. The van der Waals surface area contributed by atoms with E-state index in [1.165, 1.54) is 0 Å². The predicted molar refractivity (Wildman–Crippen MR) is 85.3 cm³/mol. The first kappa shape index (κ1) is 14.6. The summed E-state index contributed by atoms with van der Waals surface area (Å²) in [6, 6.07) is 5.54. The summed E-state index contributed by atoms with van der Waals surface area (Å²) >= 11 is 9.64. The molecule has 4 nitrogen and oxygen atoms in total. The SMILES string of the molecule is COc1ccc(-c2cc(Cl)nc(C3CC3)n2)c(OC)c1Br. The highest BCUT2D eigenvalue weighted by Crippen LogP contribution is 2.43. The number of methoxy groups -OCH3 is 2. The van der Waals surface area contributed by atoms with E-state index in [0.717, 1.165) is 34.4 Å². The third-order valence-electron chi connectivity index (χ3n) is 3.42. The molecule has 0 N–H and O–H groups in total. The Kier molecular flexibility index (Phi) is 4.04. The van der Waals surface area contributed by atoms with Crippen molar-refractivity contribution in [3.05, 3.63) is 33.6 Å². The van der Waals surface area contributed by atoms with E-state index in [9.17, 15) is 0 Å². The summed E-state index contributed by atoms with van der Waals surface area (Å²) in [6.45, 7) is 0. The van der Waals surface area contributed by atoms with Crippen LogP contribution in [-0.4, -0.2) is 24.2 Å². The van der Waals surface area contributed by atoms with E-state index >= 15 is 0 Å². The molecule has 0 spiro atoms. The molecule has 1 aliphatic carbocycles. The molecule has 21 heavy (non-hydrogen) atoms. The molecule has 1 fully saturated rings. The minimum atomic E-state index is 0.440. The summed E-state index contributed by atoms with van der Waals surface area (Å²) in [6.07, 6.45) is 2.26. The van der Waals surface area contributed by atoms with Crippen LogP contribution in [0.4, 0.5) is 0 Å². The largest absolute Gasteiger partial charge is 0.495 e. The minimum Gasteiger partial charge on any atom is -0.495 e. The summed E-state index contributed by atoms with van der Waals surface area (Å²) < 4.78 is 11.5. The number of hydrogen-bond acceptors (Lipinski definition) is 4. The Labute approximate surface area is 136 Å². The number of hydrogen-bond donors (Lipinski definition) is 0. The fourth-order valence-electron chi connectivity index (χ4n) is 2.19. The fraction of sp³-hybridized carbons (Fsp3) is 0.333. The van der Waals surface area contributed by atoms with Crippen molar-refractivity contribution in [2.24, 2.45) is 0 Å². The van der Waals surface area contributed by atoms with Crippen molar-refractivity contribution in [2.75, 3.05) is 14.2 Å². The number of ether oxygens (including phenoxy) is 2. The van der Waals surface area contributed by atoms with Crippen LogP contribution >= 0.6 is 27.5 Å². The van der Waals surface area contributed by atoms with Crippen LogP contribution in [0.25, 0.3) is 11.3 Å². The zero-order chi connectivity index (χ0) is 15.0. The highest BCUT2D eigenvalue weighted by Gasteiger charge is 2.28. The number of aromatic nitrogens is 2. The van der Waals surface area contributed by atoms with Crippen LogP contribution in [0.15, 0.2) is 22.7 Å². The average Bonchev–Trinajstić information content (AvgIpc) is 3.30. The molecule has 0 atom stereocenters. The van der Waals surface area contributed by atoms with Crippen LogP contribution in [0.3, 0.4) is 0 Å². The molecule has 1 aromatic carbocycles. The Hall–Kier alpha value is -1.33. The zero-order valence-electron chi connectivity index (χ0n) is 11.7. The lowest BCUT2D eigenvalue weighted by Crippen LogP contribution is -1.98. The van der Waals surface area contributed by atoms with Crippen molar-refractivity contribution in [2.45, 2.75) is 18.8 Å². The van der Waals surface area contributed by atoms with E-state index in [1.54, 1.807) is 20.3 Å². The monoisotopic (exact) mass is 368 g/mol. The van der Waals surface area contributed by atoms with Crippen molar-refractivity contribution in [3.63, 3.8) is 0 Å². The van der Waals surface area contributed by atoms with E-state index in [4.69, 9.17) is 21.1 Å². The standard InChI is InChI=1S/C15H14BrClN2O2/c1-20-11-6-5-9(14(21-2)13(11)16)10-7-12(17)19-15(18-10)8-3-4-8/h5-8H,3-4H2,1-2H3. The third-order valence-corrected chi connectivity index (χ3v) is 4.36. The maximum Gasteiger partial charge on any atom is 0.146 e. The van der Waals surface area contributed by atoms with Crippen LogP contribution < -0.4 is 9.47 Å². The molecule has 1 saturated carbocycles. The second kappa shape index (κ2) is 5.81. The first-order chi connectivity index (χ1) is 10.1. The molecule has 1 heterocycles. The van der Waals surface area contributed by atoms with Gasteiger partial charge in [0.25, 0.3) is 0 Å². The van der Waals surface area contributed by atoms with E-state index in [-0.39, 0.29) is 0 Å². The first-order valence-corrected chi connectivity index (χ1v) is 7.76. The topological polar surface area (TPSA) is 44.2 Å². The molecular formula is C15H14BrClN2O2. The molecule has 2 aromatic rings. The van der Waals surface area contributed by atoms with Crippen LogP contribution in [0.2, 0.25) is 5.15 Å².